The van der Waals surface area contributed by atoms with Crippen LogP contribution in [0.4, 0.5) is 5.69 Å². The van der Waals surface area contributed by atoms with Gasteiger partial charge in [0.05, 0.1) is 5.75 Å². The maximum atomic E-state index is 11.7. The smallest absolute Gasteiger partial charge is 0.235 e. The zero-order chi connectivity index (χ0) is 18.7. The molecule has 1 aromatic heterocycles. The van der Waals surface area contributed by atoms with Crippen molar-refractivity contribution in [2.75, 3.05) is 11.1 Å². The third-order valence-corrected chi connectivity index (χ3v) is 4.47. The van der Waals surface area contributed by atoms with Crippen molar-refractivity contribution in [2.45, 2.75) is 26.2 Å². The van der Waals surface area contributed by atoms with Gasteiger partial charge in [-0.25, -0.2) is 4.98 Å². The van der Waals surface area contributed by atoms with Gasteiger partial charge in [0.1, 0.15) is 10.9 Å². The fourth-order valence-corrected chi connectivity index (χ4v) is 2.80. The van der Waals surface area contributed by atoms with Crippen LogP contribution in [0.2, 0.25) is 0 Å². The Morgan fingerprint density at radius 2 is 1.96 bits per heavy atom. The topological polar surface area (TPSA) is 78.9 Å². The van der Waals surface area contributed by atoms with Crippen molar-refractivity contribution in [3.05, 3.63) is 48.0 Å². The Labute approximate surface area is 156 Å². The third-order valence-electron chi connectivity index (χ3n) is 3.94. The Kier molecular flexibility index (Phi) is 5.01. The normalized spacial score (nSPS) is 11.3. The summed E-state index contributed by atoms with van der Waals surface area (Å²) in [4.78, 5) is 16.2. The minimum absolute atomic E-state index is 0.0940. The van der Waals surface area contributed by atoms with Crippen molar-refractivity contribution < 1.29 is 9.21 Å². The molecule has 0 bridgehead atoms. The lowest BCUT2D eigenvalue weighted by Crippen LogP contribution is -2.13. The van der Waals surface area contributed by atoms with Crippen LogP contribution in [-0.2, 0) is 10.2 Å². The summed E-state index contributed by atoms with van der Waals surface area (Å²) in [5.74, 6) is 0.417. The molecular weight excluding hydrogens is 346 g/mol. The molecule has 0 unspecified atom stereocenters. The number of carbonyl (C=O) groups excluding carboxylic acids is 1. The first-order valence-corrected chi connectivity index (χ1v) is 9.17. The molecule has 26 heavy (non-hydrogen) atoms. The van der Waals surface area contributed by atoms with Gasteiger partial charge in [-0.1, -0.05) is 32.9 Å². The number of amides is 1. The molecule has 0 atom stereocenters. The van der Waals surface area contributed by atoms with E-state index in [4.69, 9.17) is 9.68 Å². The Balaban J connectivity index is 1.83. The summed E-state index contributed by atoms with van der Waals surface area (Å²) >= 11 is 0.903. The molecule has 0 aliphatic heterocycles. The molecule has 5 nitrogen and oxygen atoms in total. The lowest BCUT2D eigenvalue weighted by molar-refractivity contribution is -0.113. The average Bonchev–Trinajstić information content (AvgIpc) is 3.02. The number of carbonyl (C=O) groups is 1. The first-order chi connectivity index (χ1) is 12.4. The van der Waals surface area contributed by atoms with Crippen LogP contribution < -0.4 is 5.32 Å². The Morgan fingerprint density at radius 1 is 1.23 bits per heavy atom. The van der Waals surface area contributed by atoms with Crippen LogP contribution in [0.3, 0.4) is 0 Å². The first kappa shape index (κ1) is 18.0. The molecule has 1 amide bonds. The zero-order valence-electron chi connectivity index (χ0n) is 14.9. The molecule has 0 radical (unpaired) electrons. The van der Waals surface area contributed by atoms with Crippen molar-refractivity contribution in [1.29, 1.82) is 5.26 Å². The van der Waals surface area contributed by atoms with Crippen molar-refractivity contribution in [3.8, 4) is 16.9 Å². The SMILES string of the molecule is CC(C)(C)c1ccc(-c2nc3cc(NC(=O)CSC#N)ccc3o2)cc1. The number of nitrogens with zero attached hydrogens (tertiary/aromatic N) is 2. The molecule has 3 aromatic rings. The van der Waals surface area contributed by atoms with Gasteiger partial charge >= 0.3 is 0 Å². The van der Waals surface area contributed by atoms with Gasteiger partial charge in [0.2, 0.25) is 11.8 Å². The number of benzene rings is 2. The average molecular weight is 365 g/mol. The largest absolute Gasteiger partial charge is 0.436 e. The standard InChI is InChI=1S/C20H19N3O2S/c1-20(2,3)14-6-4-13(5-7-14)19-23-16-10-15(8-9-17(16)25-19)22-18(24)11-26-12-21/h4-10H,11H2,1-3H3,(H,22,24). The number of fused-ring (bicyclic) bond motifs is 1. The highest BCUT2D eigenvalue weighted by atomic mass is 32.2. The Hall–Kier alpha value is -2.78. The van der Waals surface area contributed by atoms with E-state index >= 15 is 0 Å². The van der Waals surface area contributed by atoms with Crippen LogP contribution in [-0.4, -0.2) is 16.6 Å². The van der Waals surface area contributed by atoms with E-state index < -0.39 is 0 Å². The second-order valence-corrected chi connectivity index (χ2v) is 7.72. The number of anilines is 1. The highest BCUT2D eigenvalue weighted by Gasteiger charge is 2.15. The number of thiocyanates is 1. The number of rotatable bonds is 4. The molecule has 0 aliphatic carbocycles. The minimum atomic E-state index is -0.225. The molecule has 1 N–H and O–H groups in total. The van der Waals surface area contributed by atoms with Gasteiger partial charge in [-0.3, -0.25) is 4.79 Å². The maximum Gasteiger partial charge on any atom is 0.235 e. The summed E-state index contributed by atoms with van der Waals surface area (Å²) in [6.07, 6.45) is 0. The third kappa shape index (κ3) is 4.06. The van der Waals surface area contributed by atoms with Crippen molar-refractivity contribution in [2.24, 2.45) is 0 Å². The van der Waals surface area contributed by atoms with Crippen LogP contribution in [0.25, 0.3) is 22.6 Å². The molecule has 0 saturated carbocycles. The van der Waals surface area contributed by atoms with Gasteiger partial charge in [0.15, 0.2) is 5.58 Å². The summed E-state index contributed by atoms with van der Waals surface area (Å²) in [7, 11) is 0. The summed E-state index contributed by atoms with van der Waals surface area (Å²) in [6.45, 7) is 6.52. The quantitative estimate of drug-likeness (QED) is 0.662. The molecule has 0 aliphatic rings. The van der Waals surface area contributed by atoms with E-state index in [0.717, 1.165) is 17.3 Å². The van der Waals surface area contributed by atoms with Crippen LogP contribution in [0.1, 0.15) is 26.3 Å². The van der Waals surface area contributed by atoms with Gasteiger partial charge in [0.25, 0.3) is 0 Å². The van der Waals surface area contributed by atoms with Crippen molar-refractivity contribution >= 4 is 34.5 Å². The molecule has 6 heteroatoms. The second-order valence-electron chi connectivity index (χ2n) is 6.96. The van der Waals surface area contributed by atoms with Crippen molar-refractivity contribution in [3.63, 3.8) is 0 Å². The molecule has 132 valence electrons. The molecule has 0 spiro atoms. The lowest BCUT2D eigenvalue weighted by atomic mass is 9.87. The van der Waals surface area contributed by atoms with E-state index in [0.29, 0.717) is 22.7 Å². The van der Waals surface area contributed by atoms with Gasteiger partial charge in [-0.15, -0.1) is 0 Å². The predicted octanol–water partition coefficient (Wildman–Crippen LogP) is 4.95. The molecule has 0 fully saturated rings. The van der Waals surface area contributed by atoms with Gasteiger partial charge in [0, 0.05) is 11.3 Å². The molecule has 1 heterocycles. The number of nitriles is 1. The van der Waals surface area contributed by atoms with Crippen LogP contribution in [0.5, 0.6) is 0 Å². The second kappa shape index (κ2) is 7.22. The van der Waals surface area contributed by atoms with E-state index in [2.05, 4.69) is 43.2 Å². The van der Waals surface area contributed by atoms with E-state index in [1.807, 2.05) is 17.5 Å². The molecule has 0 saturated heterocycles. The Morgan fingerprint density at radius 3 is 2.62 bits per heavy atom. The summed E-state index contributed by atoms with van der Waals surface area (Å²) in [6, 6.07) is 13.5. The summed E-state index contributed by atoms with van der Waals surface area (Å²) < 4.78 is 5.83. The summed E-state index contributed by atoms with van der Waals surface area (Å²) in [5, 5.41) is 13.1. The van der Waals surface area contributed by atoms with E-state index in [9.17, 15) is 4.79 Å². The van der Waals surface area contributed by atoms with Gasteiger partial charge < -0.3 is 9.73 Å². The highest BCUT2D eigenvalue weighted by Crippen LogP contribution is 2.29. The number of hydrogen-bond donors (Lipinski definition) is 1. The van der Waals surface area contributed by atoms with E-state index in [1.54, 1.807) is 18.2 Å². The zero-order valence-corrected chi connectivity index (χ0v) is 15.7. The van der Waals surface area contributed by atoms with Crippen molar-refractivity contribution in [1.82, 2.24) is 4.98 Å². The Bertz CT molecular complexity index is 979. The fraction of sp³-hybridized carbons (Fsp3) is 0.250. The van der Waals surface area contributed by atoms with E-state index in [-0.39, 0.29) is 17.1 Å². The fourth-order valence-electron chi connectivity index (χ4n) is 2.54. The number of aromatic nitrogens is 1. The highest BCUT2D eigenvalue weighted by molar-refractivity contribution is 8.04. The summed E-state index contributed by atoms with van der Waals surface area (Å²) in [5.41, 5.74) is 4.21. The number of oxazole rings is 1. The maximum absolute atomic E-state index is 11.7. The van der Waals surface area contributed by atoms with Gasteiger partial charge in [-0.2, -0.15) is 5.26 Å². The first-order valence-electron chi connectivity index (χ1n) is 8.19. The predicted molar refractivity (Wildman–Crippen MR) is 105 cm³/mol. The molecule has 2 aromatic carbocycles. The number of nitrogens with one attached hydrogen (secondary N) is 1. The molecular formula is C20H19N3O2S. The lowest BCUT2D eigenvalue weighted by Gasteiger charge is -2.18. The number of thioether (sulfide) groups is 1. The van der Waals surface area contributed by atoms with Gasteiger partial charge in [-0.05, 0) is 53.1 Å². The van der Waals surface area contributed by atoms with E-state index in [1.165, 1.54) is 5.56 Å². The van der Waals surface area contributed by atoms with Crippen LogP contribution in [0, 0.1) is 10.7 Å². The molecule has 3 rings (SSSR count). The van der Waals surface area contributed by atoms with Crippen LogP contribution in [0.15, 0.2) is 46.9 Å². The van der Waals surface area contributed by atoms with Crippen LogP contribution >= 0.6 is 11.8 Å². The number of hydrogen-bond acceptors (Lipinski definition) is 5. The monoisotopic (exact) mass is 365 g/mol. The minimum Gasteiger partial charge on any atom is -0.436 e.